The maximum Gasteiger partial charge on any atom is 0.409 e. The van der Waals surface area contributed by atoms with Crippen LogP contribution in [0.25, 0.3) is 0 Å². The van der Waals surface area contributed by atoms with E-state index >= 15 is 0 Å². The van der Waals surface area contributed by atoms with Crippen LogP contribution < -0.4 is 5.32 Å². The van der Waals surface area contributed by atoms with Gasteiger partial charge in [0.25, 0.3) is 5.91 Å². The number of thioether (sulfide) groups is 1. The minimum atomic E-state index is -0.350. The number of carbonyl (C=O) groups excluding carboxylic acids is 2. The van der Waals surface area contributed by atoms with Crippen molar-refractivity contribution >= 4 is 34.6 Å². The summed E-state index contributed by atoms with van der Waals surface area (Å²) in [7, 11) is 0. The van der Waals surface area contributed by atoms with Gasteiger partial charge in [0, 0.05) is 26.2 Å². The fraction of sp³-hybridized carbons (Fsp3) is 0.412. The summed E-state index contributed by atoms with van der Waals surface area (Å²) >= 11 is 1.29. The minimum absolute atomic E-state index is 0.148. The summed E-state index contributed by atoms with van der Waals surface area (Å²) < 4.78 is 4.99. The molecule has 0 spiro atoms. The maximum absolute atomic E-state index is 12.9. The molecule has 0 atom stereocenters. The third-order valence-electron chi connectivity index (χ3n) is 3.81. The van der Waals surface area contributed by atoms with E-state index in [9.17, 15) is 9.59 Å². The first-order valence-electron chi connectivity index (χ1n) is 8.18. The summed E-state index contributed by atoms with van der Waals surface area (Å²) in [5, 5.41) is 11.7. The van der Waals surface area contributed by atoms with E-state index in [4.69, 9.17) is 10.00 Å². The molecule has 1 saturated heterocycles. The summed E-state index contributed by atoms with van der Waals surface area (Å²) in [6, 6.07) is 7.01. The van der Waals surface area contributed by atoms with E-state index < -0.39 is 0 Å². The van der Waals surface area contributed by atoms with Crippen LogP contribution in [-0.4, -0.2) is 66.0 Å². The van der Waals surface area contributed by atoms with E-state index in [-0.39, 0.29) is 12.0 Å². The van der Waals surface area contributed by atoms with Gasteiger partial charge < -0.3 is 14.5 Å². The van der Waals surface area contributed by atoms with E-state index in [1.54, 1.807) is 47.2 Å². The summed E-state index contributed by atoms with van der Waals surface area (Å²) in [5.74, 6) is -0.148. The molecular formula is C17H21N5O3S. The number of nitrogens with one attached hydrogen (secondary N) is 1. The van der Waals surface area contributed by atoms with Crippen LogP contribution in [0.2, 0.25) is 0 Å². The monoisotopic (exact) mass is 375 g/mol. The molecule has 138 valence electrons. The van der Waals surface area contributed by atoms with Gasteiger partial charge in [-0.1, -0.05) is 23.9 Å². The summed E-state index contributed by atoms with van der Waals surface area (Å²) in [6.45, 7) is 3.82. The van der Waals surface area contributed by atoms with Crippen LogP contribution in [0, 0.1) is 11.5 Å². The summed E-state index contributed by atoms with van der Waals surface area (Å²) in [4.78, 5) is 32.3. The van der Waals surface area contributed by atoms with Gasteiger partial charge in [-0.3, -0.25) is 10.1 Å². The number of amidine groups is 1. The molecule has 1 aliphatic rings. The Balaban J connectivity index is 2.12. The average molecular weight is 375 g/mol. The van der Waals surface area contributed by atoms with Crippen molar-refractivity contribution in [2.45, 2.75) is 6.92 Å². The molecule has 2 rings (SSSR count). The van der Waals surface area contributed by atoms with Crippen molar-refractivity contribution in [3.05, 3.63) is 29.8 Å². The molecule has 1 aromatic rings. The quantitative estimate of drug-likeness (QED) is 0.376. The van der Waals surface area contributed by atoms with E-state index in [1.807, 2.05) is 6.19 Å². The van der Waals surface area contributed by atoms with Gasteiger partial charge in [0.15, 0.2) is 11.4 Å². The number of nitriles is 1. The van der Waals surface area contributed by atoms with E-state index in [0.29, 0.717) is 49.2 Å². The van der Waals surface area contributed by atoms with Crippen LogP contribution in [0.15, 0.2) is 29.3 Å². The molecule has 1 aromatic carbocycles. The van der Waals surface area contributed by atoms with Gasteiger partial charge in [-0.05, 0) is 25.3 Å². The second-order valence-electron chi connectivity index (χ2n) is 5.35. The number of para-hydroxylation sites is 1. The van der Waals surface area contributed by atoms with Crippen LogP contribution in [0.1, 0.15) is 17.3 Å². The first kappa shape index (κ1) is 19.6. The largest absolute Gasteiger partial charge is 0.450 e. The van der Waals surface area contributed by atoms with Crippen LogP contribution in [0.3, 0.4) is 0 Å². The SMILES string of the molecule is CCOC(=O)N1CCN(C(=O)c2ccccc2N=C(NC#N)SC)CC1. The smallest absolute Gasteiger partial charge is 0.409 e. The molecule has 1 aliphatic heterocycles. The minimum Gasteiger partial charge on any atom is -0.450 e. The first-order chi connectivity index (χ1) is 12.6. The summed E-state index contributed by atoms with van der Waals surface area (Å²) in [6.07, 6.45) is 3.27. The number of aliphatic imine (C=N–C) groups is 1. The highest BCUT2D eigenvalue weighted by molar-refractivity contribution is 8.13. The second kappa shape index (κ2) is 9.68. The standard InChI is InChI=1S/C17H21N5O3S/c1-3-25-17(24)22-10-8-21(9-11-22)15(23)13-6-4-5-7-14(13)20-16(26-2)19-12-18/h4-7H,3,8-11H2,1-2H3,(H,19,20). The number of hydrogen-bond donors (Lipinski definition) is 1. The van der Waals surface area contributed by atoms with Crippen molar-refractivity contribution in [2.24, 2.45) is 4.99 Å². The molecule has 9 heteroatoms. The third-order valence-corrected chi connectivity index (χ3v) is 4.39. The van der Waals surface area contributed by atoms with Crippen molar-refractivity contribution in [2.75, 3.05) is 39.0 Å². The molecule has 1 N–H and O–H groups in total. The zero-order valence-electron chi connectivity index (χ0n) is 14.8. The van der Waals surface area contributed by atoms with E-state index in [0.717, 1.165) is 0 Å². The topological polar surface area (TPSA) is 98.0 Å². The molecule has 0 saturated carbocycles. The molecule has 26 heavy (non-hydrogen) atoms. The molecule has 0 aliphatic carbocycles. The van der Waals surface area contributed by atoms with Gasteiger partial charge in [-0.25, -0.2) is 9.79 Å². The number of ether oxygens (including phenoxy) is 1. The lowest BCUT2D eigenvalue weighted by Gasteiger charge is -2.34. The third kappa shape index (κ3) is 4.89. The van der Waals surface area contributed by atoms with Crippen molar-refractivity contribution in [1.29, 1.82) is 5.26 Å². The molecule has 0 bridgehead atoms. The lowest BCUT2D eigenvalue weighted by atomic mass is 10.1. The Labute approximate surface area is 156 Å². The van der Waals surface area contributed by atoms with Gasteiger partial charge in [0.1, 0.15) is 0 Å². The van der Waals surface area contributed by atoms with Crippen LogP contribution in [-0.2, 0) is 4.74 Å². The van der Waals surface area contributed by atoms with Crippen molar-refractivity contribution in [3.63, 3.8) is 0 Å². The lowest BCUT2D eigenvalue weighted by Crippen LogP contribution is -2.50. The Morgan fingerprint density at radius 2 is 1.92 bits per heavy atom. The van der Waals surface area contributed by atoms with Crippen molar-refractivity contribution < 1.29 is 14.3 Å². The maximum atomic E-state index is 12.9. The highest BCUT2D eigenvalue weighted by Crippen LogP contribution is 2.22. The van der Waals surface area contributed by atoms with Crippen LogP contribution in [0.5, 0.6) is 0 Å². The zero-order valence-corrected chi connectivity index (χ0v) is 15.6. The van der Waals surface area contributed by atoms with E-state index in [2.05, 4.69) is 10.3 Å². The molecule has 1 heterocycles. The van der Waals surface area contributed by atoms with Crippen LogP contribution >= 0.6 is 11.8 Å². The van der Waals surface area contributed by atoms with Gasteiger partial charge in [-0.15, -0.1) is 0 Å². The van der Waals surface area contributed by atoms with Crippen LogP contribution in [0.4, 0.5) is 10.5 Å². The van der Waals surface area contributed by atoms with Gasteiger partial charge >= 0.3 is 6.09 Å². The number of carbonyl (C=O) groups is 2. The Morgan fingerprint density at radius 3 is 2.54 bits per heavy atom. The van der Waals surface area contributed by atoms with Gasteiger partial charge in [-0.2, -0.15) is 5.26 Å². The first-order valence-corrected chi connectivity index (χ1v) is 9.41. The predicted octanol–water partition coefficient (Wildman–Crippen LogP) is 2.02. The van der Waals surface area contributed by atoms with E-state index in [1.165, 1.54) is 11.8 Å². The predicted molar refractivity (Wildman–Crippen MR) is 100 cm³/mol. The normalized spacial score (nSPS) is 14.6. The number of piperazine rings is 1. The molecule has 0 radical (unpaired) electrons. The molecule has 0 unspecified atom stereocenters. The van der Waals surface area contributed by atoms with Gasteiger partial charge in [0.05, 0.1) is 17.9 Å². The second-order valence-corrected chi connectivity index (χ2v) is 6.15. The summed E-state index contributed by atoms with van der Waals surface area (Å²) in [5.41, 5.74) is 0.959. The highest BCUT2D eigenvalue weighted by Gasteiger charge is 2.26. The fourth-order valence-electron chi connectivity index (χ4n) is 2.51. The Hall–Kier alpha value is -2.73. The lowest BCUT2D eigenvalue weighted by molar-refractivity contribution is 0.0571. The number of hydrogen-bond acceptors (Lipinski definition) is 6. The molecule has 2 amide bonds. The molecule has 8 nitrogen and oxygen atoms in total. The Bertz CT molecular complexity index is 723. The number of benzene rings is 1. The highest BCUT2D eigenvalue weighted by atomic mass is 32.2. The Morgan fingerprint density at radius 1 is 1.27 bits per heavy atom. The number of rotatable bonds is 3. The molecule has 1 fully saturated rings. The average Bonchev–Trinajstić information content (AvgIpc) is 2.67. The van der Waals surface area contributed by atoms with Crippen molar-refractivity contribution in [1.82, 2.24) is 15.1 Å². The fourth-order valence-corrected chi connectivity index (χ4v) is 2.85. The van der Waals surface area contributed by atoms with Gasteiger partial charge in [0.2, 0.25) is 0 Å². The molecule has 0 aromatic heterocycles. The molecular weight excluding hydrogens is 354 g/mol. The Kier molecular flexibility index (Phi) is 7.29. The zero-order chi connectivity index (χ0) is 18.9. The number of nitrogens with zero attached hydrogens (tertiary/aromatic N) is 4. The number of amides is 2. The van der Waals surface area contributed by atoms with Crippen molar-refractivity contribution in [3.8, 4) is 6.19 Å².